The van der Waals surface area contributed by atoms with Crippen molar-refractivity contribution in [1.29, 1.82) is 0 Å². The number of thiophene rings is 1. The topological polar surface area (TPSA) is 44.3 Å². The lowest BCUT2D eigenvalue weighted by atomic mass is 9.97. The molecule has 3 heterocycles. The molecule has 124 valence electrons. The molecule has 23 heavy (non-hydrogen) atoms. The second-order valence-corrected chi connectivity index (χ2v) is 8.21. The lowest BCUT2D eigenvalue weighted by Crippen LogP contribution is -2.47. The van der Waals surface area contributed by atoms with Crippen LogP contribution in [0.1, 0.15) is 23.3 Å². The molecule has 1 N–H and O–H groups in total. The van der Waals surface area contributed by atoms with Gasteiger partial charge >= 0.3 is 0 Å². The lowest BCUT2D eigenvalue weighted by molar-refractivity contribution is 0.178. The van der Waals surface area contributed by atoms with Crippen LogP contribution in [0.2, 0.25) is 0 Å². The molecule has 2 aromatic heterocycles. The molecule has 0 atom stereocenters. The quantitative estimate of drug-likeness (QED) is 0.679. The molecule has 2 aliphatic rings. The Hall–Kier alpha value is -0.890. The molecule has 0 aromatic carbocycles. The van der Waals surface area contributed by atoms with Crippen molar-refractivity contribution in [3.63, 3.8) is 0 Å². The summed E-state index contributed by atoms with van der Waals surface area (Å²) in [5.41, 5.74) is 5.10. The fourth-order valence-electron chi connectivity index (χ4n) is 3.38. The van der Waals surface area contributed by atoms with Crippen LogP contribution in [0.25, 0.3) is 10.2 Å². The van der Waals surface area contributed by atoms with Gasteiger partial charge in [0.25, 0.3) is 0 Å². The van der Waals surface area contributed by atoms with Crippen molar-refractivity contribution >= 4 is 39.1 Å². The van der Waals surface area contributed by atoms with Crippen LogP contribution in [-0.2, 0) is 12.8 Å². The van der Waals surface area contributed by atoms with Crippen LogP contribution in [0, 0.1) is 0 Å². The van der Waals surface area contributed by atoms with E-state index < -0.39 is 0 Å². The number of piperazine rings is 1. The summed E-state index contributed by atoms with van der Waals surface area (Å²) in [6, 6.07) is 0. The minimum Gasteiger partial charge on any atom is -0.304 e. The summed E-state index contributed by atoms with van der Waals surface area (Å²) >= 11 is 3.50. The highest BCUT2D eigenvalue weighted by atomic mass is 32.2. The Kier molecular flexibility index (Phi) is 4.45. The first-order chi connectivity index (χ1) is 11.2. The number of nitrogens with zero attached hydrogens (tertiary/aromatic N) is 4. The zero-order chi connectivity index (χ0) is 15.8. The van der Waals surface area contributed by atoms with Crippen LogP contribution in [0.5, 0.6) is 0 Å². The van der Waals surface area contributed by atoms with E-state index >= 15 is 0 Å². The summed E-state index contributed by atoms with van der Waals surface area (Å²) in [6.07, 6.45) is 7.03. The van der Waals surface area contributed by atoms with Gasteiger partial charge in [0, 0.05) is 31.1 Å². The number of hydrogen-bond acceptors (Lipinski definition) is 7. The molecular formula is C16H23N5S2. The van der Waals surface area contributed by atoms with Gasteiger partial charge in [-0.2, -0.15) is 0 Å². The highest BCUT2D eigenvalue weighted by Crippen LogP contribution is 2.39. The Morgan fingerprint density at radius 3 is 2.65 bits per heavy atom. The Balaban J connectivity index is 1.72. The van der Waals surface area contributed by atoms with Gasteiger partial charge in [-0.1, -0.05) is 11.8 Å². The predicted octanol–water partition coefficient (Wildman–Crippen LogP) is 2.87. The average molecular weight is 350 g/mol. The standard InChI is InChI=1S/C16H23N5S2/c1-20-7-9-21(10-8-20)19-14-13-11-5-3-4-6-12(11)23-15(13)18-16(17-14)22-2/h3-10H2,1-2H3,(H,17,18,19). The van der Waals surface area contributed by atoms with Crippen molar-refractivity contribution in [2.24, 2.45) is 0 Å². The Labute approximate surface area is 145 Å². The summed E-state index contributed by atoms with van der Waals surface area (Å²) in [4.78, 5) is 14.6. The van der Waals surface area contributed by atoms with Crippen LogP contribution in [0.3, 0.4) is 0 Å². The van der Waals surface area contributed by atoms with Crippen molar-refractivity contribution < 1.29 is 0 Å². The second kappa shape index (κ2) is 6.55. The van der Waals surface area contributed by atoms with E-state index in [-0.39, 0.29) is 0 Å². The molecule has 0 spiro atoms. The number of hydrazine groups is 1. The van der Waals surface area contributed by atoms with Gasteiger partial charge in [-0.25, -0.2) is 15.0 Å². The molecule has 1 aliphatic heterocycles. The molecule has 0 amide bonds. The Morgan fingerprint density at radius 1 is 1.09 bits per heavy atom. The molecule has 0 radical (unpaired) electrons. The number of anilines is 1. The normalized spacial score (nSPS) is 19.9. The van der Waals surface area contributed by atoms with E-state index in [1.54, 1.807) is 11.8 Å². The number of nitrogens with one attached hydrogen (secondary N) is 1. The third-order valence-corrected chi connectivity index (χ3v) is 6.48. The summed E-state index contributed by atoms with van der Waals surface area (Å²) in [7, 11) is 2.18. The summed E-state index contributed by atoms with van der Waals surface area (Å²) in [5, 5.41) is 4.45. The van der Waals surface area contributed by atoms with Crippen molar-refractivity contribution in [3.8, 4) is 0 Å². The van der Waals surface area contributed by atoms with Gasteiger partial charge in [0.1, 0.15) is 4.83 Å². The SMILES string of the molecule is CSc1nc(NN2CCN(C)CC2)c2c3c(sc2n1)CCCC3. The number of aryl methyl sites for hydroxylation is 2. The summed E-state index contributed by atoms with van der Waals surface area (Å²) in [6.45, 7) is 4.25. The first-order valence-electron chi connectivity index (χ1n) is 8.31. The van der Waals surface area contributed by atoms with Crippen LogP contribution in [0.15, 0.2) is 5.16 Å². The predicted molar refractivity (Wildman–Crippen MR) is 98.5 cm³/mol. The smallest absolute Gasteiger partial charge is 0.190 e. The van der Waals surface area contributed by atoms with Crippen molar-refractivity contribution in [2.75, 3.05) is 44.9 Å². The van der Waals surface area contributed by atoms with Crippen molar-refractivity contribution in [2.45, 2.75) is 30.8 Å². The minimum absolute atomic E-state index is 0.868. The molecule has 0 unspecified atom stereocenters. The van der Waals surface area contributed by atoms with Crippen LogP contribution < -0.4 is 5.43 Å². The Bertz CT molecular complexity index is 706. The van der Waals surface area contributed by atoms with Crippen LogP contribution in [-0.4, -0.2) is 59.4 Å². The fraction of sp³-hybridized carbons (Fsp3) is 0.625. The highest BCUT2D eigenvalue weighted by Gasteiger charge is 2.23. The Morgan fingerprint density at radius 2 is 1.87 bits per heavy atom. The lowest BCUT2D eigenvalue weighted by Gasteiger charge is -2.33. The third kappa shape index (κ3) is 3.07. The maximum atomic E-state index is 4.80. The maximum absolute atomic E-state index is 4.80. The van der Waals surface area contributed by atoms with Gasteiger partial charge in [0.15, 0.2) is 11.0 Å². The molecule has 1 saturated heterocycles. The zero-order valence-electron chi connectivity index (χ0n) is 13.8. The fourth-order valence-corrected chi connectivity index (χ4v) is 5.06. The van der Waals surface area contributed by atoms with Gasteiger partial charge in [0.05, 0.1) is 5.39 Å². The second-order valence-electron chi connectivity index (χ2n) is 6.35. The van der Waals surface area contributed by atoms with E-state index in [0.29, 0.717) is 0 Å². The number of hydrogen-bond donors (Lipinski definition) is 1. The van der Waals surface area contributed by atoms with Crippen LogP contribution in [0.4, 0.5) is 5.82 Å². The van der Waals surface area contributed by atoms with Gasteiger partial charge in [0.2, 0.25) is 0 Å². The van der Waals surface area contributed by atoms with Gasteiger partial charge in [-0.3, -0.25) is 0 Å². The monoisotopic (exact) mass is 349 g/mol. The molecular weight excluding hydrogens is 326 g/mol. The summed E-state index contributed by atoms with van der Waals surface area (Å²) < 4.78 is 0. The van der Waals surface area contributed by atoms with E-state index in [9.17, 15) is 0 Å². The average Bonchev–Trinajstić information content (AvgIpc) is 2.95. The maximum Gasteiger partial charge on any atom is 0.190 e. The van der Waals surface area contributed by atoms with Crippen LogP contribution >= 0.6 is 23.1 Å². The molecule has 1 aliphatic carbocycles. The van der Waals surface area contributed by atoms with E-state index in [4.69, 9.17) is 9.97 Å². The molecule has 4 rings (SSSR count). The first kappa shape index (κ1) is 15.6. The molecule has 7 heteroatoms. The first-order valence-corrected chi connectivity index (χ1v) is 10.3. The van der Waals surface area contributed by atoms with Gasteiger partial charge in [-0.05, 0) is 44.6 Å². The molecule has 1 fully saturated rings. The van der Waals surface area contributed by atoms with Gasteiger partial charge in [-0.15, -0.1) is 11.3 Å². The molecule has 2 aromatic rings. The third-order valence-electron chi connectivity index (χ3n) is 4.74. The largest absolute Gasteiger partial charge is 0.304 e. The van der Waals surface area contributed by atoms with Crippen molar-refractivity contribution in [3.05, 3.63) is 10.4 Å². The molecule has 0 saturated carbocycles. The number of likely N-dealkylation sites (N-methyl/N-ethyl adjacent to an activating group) is 1. The minimum atomic E-state index is 0.868. The van der Waals surface area contributed by atoms with E-state index in [2.05, 4.69) is 22.4 Å². The highest BCUT2D eigenvalue weighted by molar-refractivity contribution is 7.98. The number of fused-ring (bicyclic) bond motifs is 3. The summed E-state index contributed by atoms with van der Waals surface area (Å²) in [5.74, 6) is 1.02. The van der Waals surface area contributed by atoms with E-state index in [1.165, 1.54) is 41.5 Å². The zero-order valence-corrected chi connectivity index (χ0v) is 15.4. The van der Waals surface area contributed by atoms with E-state index in [0.717, 1.165) is 42.0 Å². The number of thioether (sulfide) groups is 1. The molecule has 0 bridgehead atoms. The van der Waals surface area contributed by atoms with Gasteiger partial charge < -0.3 is 10.3 Å². The number of rotatable bonds is 3. The van der Waals surface area contributed by atoms with E-state index in [1.807, 2.05) is 17.6 Å². The van der Waals surface area contributed by atoms with Crippen molar-refractivity contribution in [1.82, 2.24) is 19.9 Å². The number of aromatic nitrogens is 2. The molecule has 5 nitrogen and oxygen atoms in total.